The van der Waals surface area contributed by atoms with Crippen molar-refractivity contribution in [3.63, 3.8) is 0 Å². The molecule has 2 N–H and O–H groups in total. The van der Waals surface area contributed by atoms with Crippen molar-refractivity contribution in [1.29, 1.82) is 0 Å². The van der Waals surface area contributed by atoms with Crippen molar-refractivity contribution in [1.82, 2.24) is 0 Å². The topological polar surface area (TPSA) is 26.0 Å². The Balaban J connectivity index is 1.35. The van der Waals surface area contributed by atoms with E-state index in [2.05, 4.69) is 106 Å². The Kier molecular flexibility index (Phi) is 4.57. The summed E-state index contributed by atoms with van der Waals surface area (Å²) in [6.45, 7) is 6.81. The van der Waals surface area contributed by atoms with Crippen LogP contribution in [0.25, 0.3) is 32.7 Å². The van der Waals surface area contributed by atoms with Crippen LogP contribution in [0.15, 0.2) is 89.8 Å². The van der Waals surface area contributed by atoms with E-state index < -0.39 is 0 Å². The molecule has 0 spiro atoms. The van der Waals surface area contributed by atoms with Crippen molar-refractivity contribution in [2.45, 2.75) is 36.8 Å². The molecule has 2 heteroatoms. The number of aryl methyl sites for hydroxylation is 1. The number of fused-ring (bicyclic) bond motifs is 6. The van der Waals surface area contributed by atoms with E-state index in [1.807, 2.05) is 11.8 Å². The maximum atomic E-state index is 6.76. The van der Waals surface area contributed by atoms with Crippen LogP contribution in [0, 0.1) is 6.92 Å². The van der Waals surface area contributed by atoms with E-state index in [4.69, 9.17) is 5.73 Å². The van der Waals surface area contributed by atoms with Gasteiger partial charge in [0.2, 0.25) is 0 Å². The highest BCUT2D eigenvalue weighted by Gasteiger charge is 2.35. The second-order valence-corrected chi connectivity index (χ2v) is 10.7. The van der Waals surface area contributed by atoms with Gasteiger partial charge in [-0.05, 0) is 57.0 Å². The lowest BCUT2D eigenvalue weighted by molar-refractivity contribution is 0.659. The van der Waals surface area contributed by atoms with Crippen LogP contribution in [0.4, 0.5) is 5.69 Å². The van der Waals surface area contributed by atoms with E-state index in [9.17, 15) is 0 Å². The Hall–Kier alpha value is -3.23. The van der Waals surface area contributed by atoms with Gasteiger partial charge in [-0.1, -0.05) is 98.3 Å². The highest BCUT2D eigenvalue weighted by molar-refractivity contribution is 7.98. The fourth-order valence-corrected chi connectivity index (χ4v) is 6.34. The predicted octanol–water partition coefficient (Wildman–Crippen LogP) is 8.48. The monoisotopic (exact) mass is 445 g/mol. The average Bonchev–Trinajstić information content (AvgIpc) is 3.05. The number of hydrogen-bond acceptors (Lipinski definition) is 2. The number of benzene rings is 5. The number of hydrogen-bond donors (Lipinski definition) is 1. The molecule has 0 bridgehead atoms. The summed E-state index contributed by atoms with van der Waals surface area (Å²) < 4.78 is 0. The summed E-state index contributed by atoms with van der Waals surface area (Å²) in [6.07, 6.45) is 0. The maximum Gasteiger partial charge on any atom is 0.0538 e. The third-order valence-electron chi connectivity index (χ3n) is 7.20. The van der Waals surface area contributed by atoms with Crippen LogP contribution in [0.5, 0.6) is 0 Å². The molecule has 162 valence electrons. The van der Waals surface area contributed by atoms with Crippen LogP contribution < -0.4 is 5.73 Å². The smallest absolute Gasteiger partial charge is 0.0538 e. The summed E-state index contributed by atoms with van der Waals surface area (Å²) in [5, 5.41) is 4.85. The molecule has 0 fully saturated rings. The molecule has 0 saturated heterocycles. The van der Waals surface area contributed by atoms with Crippen LogP contribution in [0.1, 0.15) is 36.1 Å². The molecule has 5 aromatic carbocycles. The van der Waals surface area contributed by atoms with Crippen LogP contribution in [-0.2, 0) is 11.2 Å². The Labute approximate surface area is 199 Å². The number of nitrogens with two attached hydrogens (primary N) is 1. The zero-order chi connectivity index (χ0) is 22.7. The van der Waals surface area contributed by atoms with Crippen molar-refractivity contribution in [3.05, 3.63) is 107 Å². The number of anilines is 1. The molecule has 0 atom stereocenters. The van der Waals surface area contributed by atoms with Gasteiger partial charge in [0.25, 0.3) is 0 Å². The van der Waals surface area contributed by atoms with Crippen LogP contribution in [-0.4, -0.2) is 0 Å². The highest BCUT2D eigenvalue weighted by atomic mass is 32.2. The Morgan fingerprint density at radius 2 is 1.52 bits per heavy atom. The first-order chi connectivity index (χ1) is 15.9. The van der Waals surface area contributed by atoms with E-state index in [0.29, 0.717) is 0 Å². The van der Waals surface area contributed by atoms with Gasteiger partial charge >= 0.3 is 0 Å². The van der Waals surface area contributed by atoms with Gasteiger partial charge in [-0.2, -0.15) is 0 Å². The predicted molar refractivity (Wildman–Crippen MR) is 144 cm³/mol. The number of rotatable bonds is 3. The summed E-state index contributed by atoms with van der Waals surface area (Å²) in [7, 11) is 0. The van der Waals surface area contributed by atoms with Crippen molar-refractivity contribution in [3.8, 4) is 11.1 Å². The van der Waals surface area contributed by atoms with E-state index in [1.54, 1.807) is 0 Å². The molecule has 33 heavy (non-hydrogen) atoms. The molecule has 0 heterocycles. The van der Waals surface area contributed by atoms with Gasteiger partial charge in [0.05, 0.1) is 5.69 Å². The second-order valence-electron chi connectivity index (χ2n) is 9.70. The van der Waals surface area contributed by atoms with Gasteiger partial charge in [0, 0.05) is 21.4 Å². The quantitative estimate of drug-likeness (QED) is 0.171. The third kappa shape index (κ3) is 3.16. The largest absolute Gasteiger partial charge is 0.397 e. The first kappa shape index (κ1) is 20.4. The summed E-state index contributed by atoms with van der Waals surface area (Å²) in [4.78, 5) is 1.15. The third-order valence-corrected chi connectivity index (χ3v) is 8.34. The van der Waals surface area contributed by atoms with Gasteiger partial charge in [0.1, 0.15) is 0 Å². The van der Waals surface area contributed by atoms with Crippen molar-refractivity contribution < 1.29 is 0 Å². The molecule has 0 saturated carbocycles. The molecule has 0 aliphatic heterocycles. The zero-order valence-electron chi connectivity index (χ0n) is 19.3. The maximum absolute atomic E-state index is 6.76. The molecule has 0 unspecified atom stereocenters. The van der Waals surface area contributed by atoms with E-state index >= 15 is 0 Å². The van der Waals surface area contributed by atoms with Crippen molar-refractivity contribution >= 4 is 39.0 Å². The first-order valence-electron chi connectivity index (χ1n) is 11.5. The first-order valence-corrected chi connectivity index (χ1v) is 12.5. The van der Waals surface area contributed by atoms with Gasteiger partial charge in [-0.3, -0.25) is 0 Å². The standard InChI is InChI=1S/C31H27NS/c1-19-8-13-23-22(16-19)11-10-21-12-15-28(30(32)29(21)23)33-18-20-9-14-25-24-6-4-5-7-26(24)31(2,3)27(25)17-20/h4-17H,18,32H2,1-3H3. The molecule has 5 aromatic rings. The minimum atomic E-state index is 0.0334. The van der Waals surface area contributed by atoms with Gasteiger partial charge < -0.3 is 5.73 Å². The summed E-state index contributed by atoms with van der Waals surface area (Å²) in [6, 6.07) is 31.2. The molecular weight excluding hydrogens is 418 g/mol. The Bertz CT molecular complexity index is 1560. The van der Waals surface area contributed by atoms with E-state index in [0.717, 1.165) is 16.3 Å². The van der Waals surface area contributed by atoms with Gasteiger partial charge in [0.15, 0.2) is 0 Å². The average molecular weight is 446 g/mol. The second kappa shape index (κ2) is 7.40. The Morgan fingerprint density at radius 1 is 0.758 bits per heavy atom. The minimum absolute atomic E-state index is 0.0334. The molecule has 1 aliphatic rings. The summed E-state index contributed by atoms with van der Waals surface area (Å²) >= 11 is 1.83. The lowest BCUT2D eigenvalue weighted by Crippen LogP contribution is -2.15. The summed E-state index contributed by atoms with van der Waals surface area (Å²) in [5.74, 6) is 0.902. The Morgan fingerprint density at radius 3 is 2.39 bits per heavy atom. The lowest BCUT2D eigenvalue weighted by atomic mass is 9.82. The molecule has 0 aromatic heterocycles. The molecule has 0 radical (unpaired) electrons. The van der Waals surface area contributed by atoms with Gasteiger partial charge in [-0.25, -0.2) is 0 Å². The fraction of sp³-hybridized carbons (Fsp3) is 0.161. The highest BCUT2D eigenvalue weighted by Crippen LogP contribution is 2.49. The molecule has 6 rings (SSSR count). The SMILES string of the molecule is Cc1ccc2c(ccc3ccc(SCc4ccc5c(c4)C(C)(C)c4ccccc4-5)c(N)c32)c1. The van der Waals surface area contributed by atoms with Gasteiger partial charge in [-0.15, -0.1) is 11.8 Å². The van der Waals surface area contributed by atoms with Crippen LogP contribution in [0.3, 0.4) is 0 Å². The molecular formula is C31H27NS. The van der Waals surface area contributed by atoms with Crippen molar-refractivity contribution in [2.75, 3.05) is 5.73 Å². The number of nitrogen functional groups attached to an aromatic ring is 1. The van der Waals surface area contributed by atoms with Crippen molar-refractivity contribution in [2.24, 2.45) is 0 Å². The molecule has 1 aliphatic carbocycles. The molecule has 0 amide bonds. The van der Waals surface area contributed by atoms with Crippen LogP contribution in [0.2, 0.25) is 0 Å². The zero-order valence-corrected chi connectivity index (χ0v) is 20.1. The van der Waals surface area contributed by atoms with Crippen LogP contribution >= 0.6 is 11.8 Å². The van der Waals surface area contributed by atoms with E-state index in [1.165, 1.54) is 54.9 Å². The lowest BCUT2D eigenvalue weighted by Gasteiger charge is -2.22. The summed E-state index contributed by atoms with van der Waals surface area (Å²) in [5.41, 5.74) is 15.9. The minimum Gasteiger partial charge on any atom is -0.397 e. The number of thioether (sulfide) groups is 1. The fourth-order valence-electron chi connectivity index (χ4n) is 5.41. The molecule has 1 nitrogen and oxygen atoms in total. The normalized spacial score (nSPS) is 13.9. The van der Waals surface area contributed by atoms with E-state index in [-0.39, 0.29) is 5.41 Å².